The van der Waals surface area contributed by atoms with Crippen LogP contribution < -0.4 is 10.6 Å². The first-order valence-corrected chi connectivity index (χ1v) is 11.5. The summed E-state index contributed by atoms with van der Waals surface area (Å²) >= 11 is 0. The predicted octanol–water partition coefficient (Wildman–Crippen LogP) is 3.54. The lowest BCUT2D eigenvalue weighted by Gasteiger charge is -2.15. The molecule has 0 saturated heterocycles. The number of ether oxygens (including phenoxy) is 2. The predicted molar refractivity (Wildman–Crippen MR) is 131 cm³/mol. The first kappa shape index (κ1) is 25.2. The fourth-order valence-corrected chi connectivity index (χ4v) is 3.82. The molecule has 0 aliphatic heterocycles. The minimum Gasteiger partial charge on any atom is -0.464 e. The van der Waals surface area contributed by atoms with E-state index >= 15 is 0 Å². The molecule has 0 unspecified atom stereocenters. The van der Waals surface area contributed by atoms with Gasteiger partial charge in [-0.05, 0) is 31.4 Å². The highest BCUT2D eigenvalue weighted by Gasteiger charge is 2.26. The quantitative estimate of drug-likeness (QED) is 0.389. The standard InChI is InChI=1S/C24H34N6O4/c1-16(2)13-20(31)28-21-19-14-18(27-17(3)7-10-29-9-6-8-26-29)15-25-23(19)30(11-12-33-4)22(21)24(32)34-5/h6,8-9,14-17,27H,7,10-13H2,1-5H3,(H,28,31)/t17-/m0/s1. The van der Waals surface area contributed by atoms with Crippen LogP contribution in [0.25, 0.3) is 11.0 Å². The second kappa shape index (κ2) is 11.6. The molecular formula is C24H34N6O4. The van der Waals surface area contributed by atoms with Gasteiger partial charge in [0.2, 0.25) is 5.91 Å². The SMILES string of the molecule is COCCn1c(C(=O)OC)c(NC(=O)CC(C)C)c2cc(N[C@@H](C)CCn3cccn3)cnc21. The van der Waals surface area contributed by atoms with E-state index in [1.165, 1.54) is 7.11 Å². The zero-order chi connectivity index (χ0) is 24.7. The molecule has 0 spiro atoms. The Morgan fingerprint density at radius 1 is 1.18 bits per heavy atom. The van der Waals surface area contributed by atoms with Crippen molar-refractivity contribution >= 4 is 34.3 Å². The highest BCUT2D eigenvalue weighted by atomic mass is 16.5. The van der Waals surface area contributed by atoms with Crippen molar-refractivity contribution in [2.75, 3.05) is 31.5 Å². The van der Waals surface area contributed by atoms with Crippen LogP contribution in [-0.2, 0) is 27.4 Å². The molecule has 3 aromatic heterocycles. The summed E-state index contributed by atoms with van der Waals surface area (Å²) in [5, 5.41) is 11.3. The molecule has 2 N–H and O–H groups in total. The van der Waals surface area contributed by atoms with Crippen molar-refractivity contribution in [2.24, 2.45) is 5.92 Å². The molecule has 0 aromatic carbocycles. The Balaban J connectivity index is 1.97. The normalized spacial score (nSPS) is 12.2. The van der Waals surface area contributed by atoms with Crippen molar-refractivity contribution in [3.63, 3.8) is 0 Å². The van der Waals surface area contributed by atoms with Crippen molar-refractivity contribution < 1.29 is 19.1 Å². The van der Waals surface area contributed by atoms with Gasteiger partial charge in [-0.25, -0.2) is 9.78 Å². The van der Waals surface area contributed by atoms with E-state index in [9.17, 15) is 9.59 Å². The Bertz CT molecular complexity index is 1110. The maximum atomic E-state index is 12.8. The molecule has 0 aliphatic carbocycles. The Morgan fingerprint density at radius 3 is 2.62 bits per heavy atom. The molecule has 0 aliphatic rings. The minimum atomic E-state index is -0.545. The third kappa shape index (κ3) is 6.13. The molecule has 0 bridgehead atoms. The molecule has 10 nitrogen and oxygen atoms in total. The van der Waals surface area contributed by atoms with Crippen molar-refractivity contribution in [2.45, 2.75) is 52.7 Å². The first-order chi connectivity index (χ1) is 16.3. The molecule has 0 fully saturated rings. The number of fused-ring (bicyclic) bond motifs is 1. The average Bonchev–Trinajstić information content (AvgIpc) is 3.41. The van der Waals surface area contributed by atoms with Crippen LogP contribution in [0, 0.1) is 5.92 Å². The largest absolute Gasteiger partial charge is 0.464 e. The van der Waals surface area contributed by atoms with E-state index in [0.717, 1.165) is 18.7 Å². The van der Waals surface area contributed by atoms with Crippen molar-refractivity contribution in [3.05, 3.63) is 36.4 Å². The minimum absolute atomic E-state index is 0.151. The van der Waals surface area contributed by atoms with Gasteiger partial charge in [-0.3, -0.25) is 9.48 Å². The maximum Gasteiger partial charge on any atom is 0.356 e. The molecule has 34 heavy (non-hydrogen) atoms. The number of esters is 1. The van der Waals surface area contributed by atoms with Crippen LogP contribution in [0.3, 0.4) is 0 Å². The topological polar surface area (TPSA) is 112 Å². The van der Waals surface area contributed by atoms with Crippen molar-refractivity contribution in [1.82, 2.24) is 19.3 Å². The van der Waals surface area contributed by atoms with Gasteiger partial charge in [-0.15, -0.1) is 0 Å². The molecule has 184 valence electrons. The lowest BCUT2D eigenvalue weighted by atomic mass is 10.1. The van der Waals surface area contributed by atoms with E-state index in [4.69, 9.17) is 9.47 Å². The van der Waals surface area contributed by atoms with E-state index in [1.54, 1.807) is 24.1 Å². The molecule has 1 amide bonds. The summed E-state index contributed by atoms with van der Waals surface area (Å²) in [6.45, 7) is 7.57. The molecule has 0 radical (unpaired) electrons. The van der Waals surface area contributed by atoms with Gasteiger partial charge in [0, 0.05) is 50.4 Å². The van der Waals surface area contributed by atoms with E-state index in [-0.39, 0.29) is 23.6 Å². The number of hydrogen-bond acceptors (Lipinski definition) is 7. The molecule has 3 rings (SSSR count). The number of aryl methyl sites for hydroxylation is 1. The molecule has 10 heteroatoms. The zero-order valence-electron chi connectivity index (χ0n) is 20.5. The van der Waals surface area contributed by atoms with Gasteiger partial charge >= 0.3 is 5.97 Å². The number of methoxy groups -OCH3 is 2. The van der Waals surface area contributed by atoms with Gasteiger partial charge in [0.05, 0.1) is 31.3 Å². The molecule has 1 atom stereocenters. The fourth-order valence-electron chi connectivity index (χ4n) is 3.82. The highest BCUT2D eigenvalue weighted by molar-refractivity contribution is 6.11. The fraction of sp³-hybridized carbons (Fsp3) is 0.500. The van der Waals surface area contributed by atoms with E-state index in [2.05, 4.69) is 27.6 Å². The number of carbonyl (C=O) groups excluding carboxylic acids is 2. The third-order valence-corrected chi connectivity index (χ3v) is 5.42. The smallest absolute Gasteiger partial charge is 0.356 e. The number of nitrogens with one attached hydrogen (secondary N) is 2. The van der Waals surface area contributed by atoms with Gasteiger partial charge in [-0.2, -0.15) is 5.10 Å². The first-order valence-electron chi connectivity index (χ1n) is 11.5. The van der Waals surface area contributed by atoms with E-state index in [0.29, 0.717) is 36.3 Å². The highest BCUT2D eigenvalue weighted by Crippen LogP contribution is 2.33. The second-order valence-electron chi connectivity index (χ2n) is 8.70. The van der Waals surface area contributed by atoms with Gasteiger partial charge in [0.25, 0.3) is 0 Å². The Labute approximate surface area is 199 Å². The van der Waals surface area contributed by atoms with E-state index in [1.807, 2.05) is 36.9 Å². The molecule has 0 saturated carbocycles. The summed E-state index contributed by atoms with van der Waals surface area (Å²) in [5.41, 5.74) is 2.03. The Hall–Kier alpha value is -3.40. The third-order valence-electron chi connectivity index (χ3n) is 5.42. The summed E-state index contributed by atoms with van der Waals surface area (Å²) in [6, 6.07) is 3.96. The van der Waals surface area contributed by atoms with E-state index < -0.39 is 5.97 Å². The maximum absolute atomic E-state index is 12.8. The lowest BCUT2D eigenvalue weighted by molar-refractivity contribution is -0.116. The van der Waals surface area contributed by atoms with Gasteiger partial charge in [0.1, 0.15) is 5.65 Å². The van der Waals surface area contributed by atoms with Crippen LogP contribution in [0.4, 0.5) is 11.4 Å². The van der Waals surface area contributed by atoms with Crippen LogP contribution in [0.2, 0.25) is 0 Å². The summed E-state index contributed by atoms with van der Waals surface area (Å²) in [7, 11) is 2.91. The summed E-state index contributed by atoms with van der Waals surface area (Å²) in [5.74, 6) is -0.539. The number of pyridine rings is 1. The molecule has 3 aromatic rings. The van der Waals surface area contributed by atoms with Gasteiger partial charge < -0.3 is 24.7 Å². The summed E-state index contributed by atoms with van der Waals surface area (Å²) in [4.78, 5) is 30.1. The molecule has 3 heterocycles. The number of amides is 1. The van der Waals surface area contributed by atoms with Gasteiger partial charge in [-0.1, -0.05) is 13.8 Å². The Morgan fingerprint density at radius 2 is 1.97 bits per heavy atom. The van der Waals surface area contributed by atoms with Crippen molar-refractivity contribution in [3.8, 4) is 0 Å². The van der Waals surface area contributed by atoms with Crippen LogP contribution in [0.1, 0.15) is 44.1 Å². The average molecular weight is 471 g/mol. The number of rotatable bonds is 12. The van der Waals surface area contributed by atoms with Crippen LogP contribution in [0.15, 0.2) is 30.7 Å². The Kier molecular flexibility index (Phi) is 8.64. The number of carbonyl (C=O) groups is 2. The number of aromatic nitrogens is 4. The number of anilines is 2. The zero-order valence-corrected chi connectivity index (χ0v) is 20.5. The second-order valence-corrected chi connectivity index (χ2v) is 8.70. The summed E-state index contributed by atoms with van der Waals surface area (Å²) in [6.07, 6.45) is 6.62. The number of hydrogen-bond donors (Lipinski definition) is 2. The van der Waals surface area contributed by atoms with Crippen LogP contribution >= 0.6 is 0 Å². The van der Waals surface area contributed by atoms with Crippen LogP contribution in [-0.4, -0.2) is 58.1 Å². The molecular weight excluding hydrogens is 436 g/mol. The lowest BCUT2D eigenvalue weighted by Crippen LogP contribution is -2.19. The number of nitrogens with zero attached hydrogens (tertiary/aromatic N) is 4. The van der Waals surface area contributed by atoms with Crippen molar-refractivity contribution in [1.29, 1.82) is 0 Å². The van der Waals surface area contributed by atoms with Crippen LogP contribution in [0.5, 0.6) is 0 Å². The van der Waals surface area contributed by atoms with Gasteiger partial charge in [0.15, 0.2) is 5.69 Å². The monoisotopic (exact) mass is 470 g/mol. The summed E-state index contributed by atoms with van der Waals surface area (Å²) < 4.78 is 13.9.